The van der Waals surface area contributed by atoms with Gasteiger partial charge in [-0.05, 0) is 44.0 Å². The molecule has 3 saturated heterocycles. The van der Waals surface area contributed by atoms with Gasteiger partial charge in [0.25, 0.3) is 5.91 Å². The van der Waals surface area contributed by atoms with E-state index in [9.17, 15) is 4.79 Å². The third kappa shape index (κ3) is 2.35. The fourth-order valence-corrected chi connectivity index (χ4v) is 2.99. The van der Waals surface area contributed by atoms with Crippen LogP contribution in [0.25, 0.3) is 0 Å². The molecule has 1 atom stereocenters. The van der Waals surface area contributed by atoms with Gasteiger partial charge < -0.3 is 10.2 Å². The van der Waals surface area contributed by atoms with E-state index in [-0.39, 0.29) is 11.9 Å². The molecule has 1 aromatic rings. The van der Waals surface area contributed by atoms with Gasteiger partial charge in [-0.25, -0.2) is 4.98 Å². The summed E-state index contributed by atoms with van der Waals surface area (Å²) in [6.45, 7) is 3.33. The topological polar surface area (TPSA) is 45.2 Å². The molecule has 18 heavy (non-hydrogen) atoms. The summed E-state index contributed by atoms with van der Waals surface area (Å²) in [4.78, 5) is 18.5. The first kappa shape index (κ1) is 11.9. The van der Waals surface area contributed by atoms with Crippen molar-refractivity contribution in [2.75, 3.05) is 19.6 Å². The second-order valence-corrected chi connectivity index (χ2v) is 5.52. The minimum absolute atomic E-state index is 0.0922. The number of hydrogen-bond donors (Lipinski definition) is 1. The summed E-state index contributed by atoms with van der Waals surface area (Å²) in [7, 11) is 0. The molecule has 3 aliphatic heterocycles. The van der Waals surface area contributed by atoms with Crippen LogP contribution in [0.4, 0.5) is 0 Å². The van der Waals surface area contributed by atoms with E-state index < -0.39 is 0 Å². The van der Waals surface area contributed by atoms with Crippen molar-refractivity contribution in [3.05, 3.63) is 29.0 Å². The summed E-state index contributed by atoms with van der Waals surface area (Å²) in [6, 6.07) is 3.64. The lowest BCUT2D eigenvalue weighted by molar-refractivity contribution is 0.0618. The Morgan fingerprint density at radius 3 is 2.72 bits per heavy atom. The van der Waals surface area contributed by atoms with E-state index in [1.807, 2.05) is 0 Å². The number of rotatable bonds is 2. The van der Waals surface area contributed by atoms with Crippen LogP contribution in [0, 0.1) is 5.92 Å². The number of pyridine rings is 1. The summed E-state index contributed by atoms with van der Waals surface area (Å²) in [5, 5.41) is 3.65. The van der Waals surface area contributed by atoms with Crippen LogP contribution < -0.4 is 5.32 Å². The van der Waals surface area contributed by atoms with Crippen molar-refractivity contribution < 1.29 is 4.79 Å². The average Bonchev–Trinajstić information content (AvgIpc) is 2.41. The molecule has 0 spiro atoms. The lowest BCUT2D eigenvalue weighted by Gasteiger charge is -2.44. The van der Waals surface area contributed by atoms with Crippen molar-refractivity contribution in [1.82, 2.24) is 15.2 Å². The number of carbonyl (C=O) groups is 1. The fourth-order valence-electron chi connectivity index (χ4n) is 2.88. The van der Waals surface area contributed by atoms with Crippen LogP contribution in [0.15, 0.2) is 18.3 Å². The van der Waals surface area contributed by atoms with Crippen molar-refractivity contribution in [2.24, 2.45) is 5.92 Å². The Bertz CT molecular complexity index is 440. The zero-order valence-electron chi connectivity index (χ0n) is 10.1. The van der Waals surface area contributed by atoms with Crippen LogP contribution >= 0.6 is 11.6 Å². The molecule has 4 rings (SSSR count). The number of aromatic nitrogens is 1. The highest BCUT2D eigenvalue weighted by Gasteiger charge is 2.34. The van der Waals surface area contributed by atoms with E-state index in [1.54, 1.807) is 12.1 Å². The molecule has 0 aromatic carbocycles. The van der Waals surface area contributed by atoms with Crippen LogP contribution in [0.2, 0.25) is 5.02 Å². The maximum atomic E-state index is 12.1. The Balaban J connectivity index is 1.66. The molecule has 0 saturated carbocycles. The number of piperidine rings is 3. The monoisotopic (exact) mass is 265 g/mol. The van der Waals surface area contributed by atoms with Gasteiger partial charge in [0, 0.05) is 18.8 Å². The zero-order chi connectivity index (χ0) is 12.5. The molecule has 1 amide bonds. The van der Waals surface area contributed by atoms with Gasteiger partial charge in [0.15, 0.2) is 0 Å². The van der Waals surface area contributed by atoms with Crippen LogP contribution in [-0.4, -0.2) is 41.5 Å². The van der Waals surface area contributed by atoms with Crippen molar-refractivity contribution in [3.8, 4) is 0 Å². The Hall–Kier alpha value is -1.13. The molecule has 1 unspecified atom stereocenters. The second-order valence-electron chi connectivity index (χ2n) is 5.08. The van der Waals surface area contributed by atoms with Crippen LogP contribution in [0.3, 0.4) is 0 Å². The van der Waals surface area contributed by atoms with Crippen LogP contribution in [0.1, 0.15) is 23.3 Å². The lowest BCUT2D eigenvalue weighted by atomic mass is 9.84. The first-order valence-electron chi connectivity index (χ1n) is 6.37. The molecule has 0 radical (unpaired) electrons. The third-order valence-corrected chi connectivity index (χ3v) is 4.16. The number of fused-ring (bicyclic) bond motifs is 3. The molecule has 1 aromatic heterocycles. The van der Waals surface area contributed by atoms with Crippen molar-refractivity contribution >= 4 is 17.5 Å². The first-order valence-corrected chi connectivity index (χ1v) is 6.75. The fraction of sp³-hybridized carbons (Fsp3) is 0.538. The second kappa shape index (κ2) is 4.86. The molecule has 3 fully saturated rings. The van der Waals surface area contributed by atoms with Gasteiger partial charge >= 0.3 is 0 Å². The Morgan fingerprint density at radius 2 is 2.17 bits per heavy atom. The summed E-state index contributed by atoms with van der Waals surface area (Å²) < 4.78 is 0. The quantitative estimate of drug-likeness (QED) is 0.883. The number of carbonyl (C=O) groups excluding carboxylic acids is 1. The average molecular weight is 266 g/mol. The van der Waals surface area contributed by atoms with Crippen LogP contribution in [-0.2, 0) is 0 Å². The molecule has 2 bridgehead atoms. The number of hydrogen-bond acceptors (Lipinski definition) is 3. The van der Waals surface area contributed by atoms with Gasteiger partial charge in [-0.15, -0.1) is 0 Å². The highest BCUT2D eigenvalue weighted by atomic mass is 35.5. The highest BCUT2D eigenvalue weighted by Crippen LogP contribution is 2.27. The normalized spacial score (nSPS) is 30.2. The summed E-state index contributed by atoms with van der Waals surface area (Å²) in [5.41, 5.74) is 0.441. The van der Waals surface area contributed by atoms with Crippen molar-refractivity contribution in [3.63, 3.8) is 0 Å². The van der Waals surface area contributed by atoms with Gasteiger partial charge in [-0.3, -0.25) is 4.79 Å². The van der Waals surface area contributed by atoms with E-state index in [2.05, 4.69) is 15.2 Å². The largest absolute Gasteiger partial charge is 0.346 e. The molecule has 4 heterocycles. The standard InChI is InChI=1S/C13H16ClN3O/c14-10-1-2-11(15-7-10)13(18)16-12-8-17-5-3-9(12)4-6-17/h1-2,7,9,12H,3-6,8H2,(H,16,18). The number of nitrogens with one attached hydrogen (secondary N) is 1. The first-order chi connectivity index (χ1) is 8.72. The number of halogens is 1. The molecule has 0 aliphatic carbocycles. The summed E-state index contributed by atoms with van der Waals surface area (Å²) >= 11 is 5.76. The zero-order valence-corrected chi connectivity index (χ0v) is 10.9. The lowest BCUT2D eigenvalue weighted by Crippen LogP contribution is -2.57. The minimum atomic E-state index is -0.0922. The van der Waals surface area contributed by atoms with E-state index in [4.69, 9.17) is 11.6 Å². The molecule has 96 valence electrons. The predicted octanol–water partition coefficient (Wildman–Crippen LogP) is 1.56. The smallest absolute Gasteiger partial charge is 0.270 e. The van der Waals surface area contributed by atoms with Gasteiger partial charge in [0.2, 0.25) is 0 Å². The van der Waals surface area contributed by atoms with Gasteiger partial charge in [-0.2, -0.15) is 0 Å². The third-order valence-electron chi connectivity index (χ3n) is 3.93. The van der Waals surface area contributed by atoms with Crippen molar-refractivity contribution in [1.29, 1.82) is 0 Å². The molecular formula is C13H16ClN3O. The molecule has 5 heteroatoms. The van der Waals surface area contributed by atoms with E-state index in [0.717, 1.165) is 6.54 Å². The molecular weight excluding hydrogens is 250 g/mol. The Kier molecular flexibility index (Phi) is 3.22. The van der Waals surface area contributed by atoms with E-state index >= 15 is 0 Å². The van der Waals surface area contributed by atoms with Crippen LogP contribution in [0.5, 0.6) is 0 Å². The molecule has 4 nitrogen and oxygen atoms in total. The van der Waals surface area contributed by atoms with Crippen molar-refractivity contribution in [2.45, 2.75) is 18.9 Å². The van der Waals surface area contributed by atoms with Gasteiger partial charge in [0.1, 0.15) is 5.69 Å². The van der Waals surface area contributed by atoms with E-state index in [1.165, 1.54) is 32.1 Å². The summed E-state index contributed by atoms with van der Waals surface area (Å²) in [5.74, 6) is 0.539. The molecule has 1 N–H and O–H groups in total. The highest BCUT2D eigenvalue weighted by molar-refractivity contribution is 6.30. The number of amides is 1. The Morgan fingerprint density at radius 1 is 1.39 bits per heavy atom. The SMILES string of the molecule is O=C(NC1CN2CCC1CC2)c1ccc(Cl)cn1. The number of nitrogens with zero attached hydrogens (tertiary/aromatic N) is 2. The van der Waals surface area contributed by atoms with Gasteiger partial charge in [-0.1, -0.05) is 11.6 Å². The minimum Gasteiger partial charge on any atom is -0.346 e. The maximum Gasteiger partial charge on any atom is 0.270 e. The van der Waals surface area contributed by atoms with E-state index in [0.29, 0.717) is 16.6 Å². The van der Waals surface area contributed by atoms with Gasteiger partial charge in [0.05, 0.1) is 5.02 Å². The maximum absolute atomic E-state index is 12.1. The predicted molar refractivity (Wildman–Crippen MR) is 69.7 cm³/mol. The summed E-state index contributed by atoms with van der Waals surface area (Å²) in [6.07, 6.45) is 3.89. The molecule has 3 aliphatic rings. The Labute approximate surface area is 111 Å².